The standard InChI is InChI=1S/C13H13ClN6S2/c1-7-11(21-8(2)16-7)22-20-12(15)18-13(19-20)17-10-5-3-9(14)4-6-10/h3-6H,1-2H3,(H3,15,17,18,19). The minimum absolute atomic E-state index is 0.326. The Morgan fingerprint density at radius 1 is 1.23 bits per heavy atom. The summed E-state index contributed by atoms with van der Waals surface area (Å²) < 4.78 is 2.63. The lowest BCUT2D eigenvalue weighted by Gasteiger charge is -2.01. The molecule has 0 spiro atoms. The molecule has 0 radical (unpaired) electrons. The molecule has 1 aromatic carbocycles. The number of halogens is 1. The van der Waals surface area contributed by atoms with E-state index in [4.69, 9.17) is 17.3 Å². The van der Waals surface area contributed by atoms with Crippen molar-refractivity contribution in [1.29, 1.82) is 0 Å². The van der Waals surface area contributed by atoms with Crippen LogP contribution in [0.3, 0.4) is 0 Å². The first-order chi connectivity index (χ1) is 10.5. The minimum Gasteiger partial charge on any atom is -0.367 e. The van der Waals surface area contributed by atoms with Crippen molar-refractivity contribution in [2.24, 2.45) is 0 Å². The largest absolute Gasteiger partial charge is 0.367 e. The zero-order valence-electron chi connectivity index (χ0n) is 11.9. The summed E-state index contributed by atoms with van der Waals surface area (Å²) in [6.45, 7) is 3.94. The number of nitrogens with two attached hydrogens (primary N) is 1. The quantitative estimate of drug-likeness (QED) is 0.741. The third-order valence-electron chi connectivity index (χ3n) is 2.73. The molecule has 0 fully saturated rings. The molecule has 3 rings (SSSR count). The van der Waals surface area contributed by atoms with Crippen LogP contribution in [-0.4, -0.2) is 19.2 Å². The first-order valence-corrected chi connectivity index (χ1v) is 8.35. The van der Waals surface area contributed by atoms with Gasteiger partial charge in [-0.1, -0.05) is 11.6 Å². The Bertz CT molecular complexity index is 795. The predicted octanol–water partition coefficient (Wildman–Crippen LogP) is 3.89. The Hall–Kier alpha value is -1.77. The highest BCUT2D eigenvalue weighted by atomic mass is 35.5. The van der Waals surface area contributed by atoms with Crippen molar-refractivity contribution in [3.8, 4) is 0 Å². The van der Waals surface area contributed by atoms with Crippen molar-refractivity contribution >= 4 is 52.5 Å². The number of benzene rings is 1. The molecule has 2 aromatic heterocycles. The van der Waals surface area contributed by atoms with Crippen LogP contribution in [0.4, 0.5) is 17.6 Å². The molecule has 0 atom stereocenters. The van der Waals surface area contributed by atoms with Crippen LogP contribution in [0.2, 0.25) is 5.02 Å². The van der Waals surface area contributed by atoms with Gasteiger partial charge in [0.25, 0.3) is 0 Å². The van der Waals surface area contributed by atoms with Crippen LogP contribution < -0.4 is 11.1 Å². The Kier molecular flexibility index (Phi) is 4.23. The Morgan fingerprint density at radius 3 is 2.59 bits per heavy atom. The zero-order chi connectivity index (χ0) is 15.7. The van der Waals surface area contributed by atoms with Gasteiger partial charge >= 0.3 is 0 Å². The van der Waals surface area contributed by atoms with E-state index >= 15 is 0 Å². The smallest absolute Gasteiger partial charge is 0.249 e. The molecule has 0 saturated carbocycles. The lowest BCUT2D eigenvalue weighted by molar-refractivity contribution is 1.02. The lowest BCUT2D eigenvalue weighted by Crippen LogP contribution is -1.97. The average Bonchev–Trinajstić information content (AvgIpc) is 2.96. The van der Waals surface area contributed by atoms with E-state index in [1.165, 1.54) is 11.9 Å². The summed E-state index contributed by atoms with van der Waals surface area (Å²) in [5, 5.41) is 9.13. The van der Waals surface area contributed by atoms with E-state index in [-0.39, 0.29) is 0 Å². The SMILES string of the molecule is Cc1nc(C)c(Sn2nc(Nc3ccc(Cl)cc3)nc2N)s1. The number of hydrogen-bond acceptors (Lipinski definition) is 7. The maximum Gasteiger partial charge on any atom is 0.249 e. The molecule has 0 saturated heterocycles. The number of hydrogen-bond donors (Lipinski definition) is 2. The third kappa shape index (κ3) is 3.34. The number of nitrogens with zero attached hydrogens (tertiary/aromatic N) is 4. The van der Waals surface area contributed by atoms with Gasteiger partial charge in [-0.15, -0.1) is 16.4 Å². The van der Waals surface area contributed by atoms with Crippen molar-refractivity contribution in [2.75, 3.05) is 11.1 Å². The molecule has 22 heavy (non-hydrogen) atoms. The maximum absolute atomic E-state index is 5.92. The van der Waals surface area contributed by atoms with E-state index in [2.05, 4.69) is 20.4 Å². The number of nitrogens with one attached hydrogen (secondary N) is 1. The number of thiazole rings is 1. The summed E-state index contributed by atoms with van der Waals surface area (Å²) in [5.41, 5.74) is 7.73. The molecule has 3 N–H and O–H groups in total. The van der Waals surface area contributed by atoms with Crippen molar-refractivity contribution < 1.29 is 0 Å². The predicted molar refractivity (Wildman–Crippen MR) is 92.0 cm³/mol. The molecule has 114 valence electrons. The van der Waals surface area contributed by atoms with Crippen LogP contribution in [0.5, 0.6) is 0 Å². The first kappa shape index (κ1) is 15.1. The minimum atomic E-state index is 0.326. The fourth-order valence-electron chi connectivity index (χ4n) is 1.77. The highest BCUT2D eigenvalue weighted by Crippen LogP contribution is 2.31. The summed E-state index contributed by atoms with van der Waals surface area (Å²) in [7, 11) is 0. The van der Waals surface area contributed by atoms with E-state index < -0.39 is 0 Å². The van der Waals surface area contributed by atoms with Gasteiger partial charge < -0.3 is 11.1 Å². The number of aryl methyl sites for hydroxylation is 2. The Morgan fingerprint density at radius 2 is 1.95 bits per heavy atom. The maximum atomic E-state index is 5.92. The fraction of sp³-hybridized carbons (Fsp3) is 0.154. The zero-order valence-corrected chi connectivity index (χ0v) is 14.3. The van der Waals surface area contributed by atoms with Gasteiger partial charge in [-0.2, -0.15) is 9.07 Å². The summed E-state index contributed by atoms with van der Waals surface area (Å²) >= 11 is 8.87. The van der Waals surface area contributed by atoms with Crippen molar-refractivity contribution in [3.05, 3.63) is 40.0 Å². The normalized spacial score (nSPS) is 10.9. The van der Waals surface area contributed by atoms with Gasteiger partial charge in [0.1, 0.15) is 4.21 Å². The van der Waals surface area contributed by atoms with Gasteiger partial charge in [-0.25, -0.2) is 4.98 Å². The van der Waals surface area contributed by atoms with Crippen molar-refractivity contribution in [1.82, 2.24) is 19.2 Å². The lowest BCUT2D eigenvalue weighted by atomic mass is 10.3. The van der Waals surface area contributed by atoms with Gasteiger partial charge in [0.05, 0.1) is 10.7 Å². The second-order valence-electron chi connectivity index (χ2n) is 4.50. The van der Waals surface area contributed by atoms with Crippen LogP contribution in [-0.2, 0) is 0 Å². The summed E-state index contributed by atoms with van der Waals surface area (Å²) in [4.78, 5) is 8.60. The molecule has 2 heterocycles. The van der Waals surface area contributed by atoms with Crippen LogP contribution in [0.25, 0.3) is 0 Å². The van der Waals surface area contributed by atoms with Crippen LogP contribution >= 0.6 is 34.9 Å². The molecule has 0 aliphatic rings. The third-order valence-corrected chi connectivity index (χ3v) is 5.23. The number of rotatable bonds is 4. The summed E-state index contributed by atoms with van der Waals surface area (Å²) in [5.74, 6) is 0.762. The van der Waals surface area contributed by atoms with E-state index in [1.807, 2.05) is 26.0 Å². The van der Waals surface area contributed by atoms with Gasteiger partial charge in [0, 0.05) is 22.7 Å². The molecule has 3 aromatic rings. The molecular weight excluding hydrogens is 340 g/mol. The first-order valence-electron chi connectivity index (χ1n) is 6.39. The van der Waals surface area contributed by atoms with Gasteiger partial charge in [-0.05, 0) is 38.1 Å². The van der Waals surface area contributed by atoms with E-state index in [9.17, 15) is 0 Å². The van der Waals surface area contributed by atoms with Crippen LogP contribution in [0.1, 0.15) is 10.7 Å². The van der Waals surface area contributed by atoms with Crippen molar-refractivity contribution in [3.63, 3.8) is 0 Å². The van der Waals surface area contributed by atoms with Gasteiger partial charge in [-0.3, -0.25) is 0 Å². The summed E-state index contributed by atoms with van der Waals surface area (Å²) in [6, 6.07) is 7.29. The Labute approximate surface area is 140 Å². The topological polar surface area (TPSA) is 81.7 Å². The van der Waals surface area contributed by atoms with E-state index in [0.717, 1.165) is 20.6 Å². The second kappa shape index (κ2) is 6.15. The van der Waals surface area contributed by atoms with Crippen LogP contribution in [0, 0.1) is 13.8 Å². The summed E-state index contributed by atoms with van der Waals surface area (Å²) in [6.07, 6.45) is 0. The van der Waals surface area contributed by atoms with E-state index in [0.29, 0.717) is 16.9 Å². The molecule has 9 heteroatoms. The molecule has 0 bridgehead atoms. The van der Waals surface area contributed by atoms with Gasteiger partial charge in [0.2, 0.25) is 11.9 Å². The molecule has 0 unspecified atom stereocenters. The monoisotopic (exact) mass is 352 g/mol. The fourth-order valence-corrected chi connectivity index (χ4v) is 3.85. The average molecular weight is 353 g/mol. The van der Waals surface area contributed by atoms with Gasteiger partial charge in [0.15, 0.2) is 0 Å². The van der Waals surface area contributed by atoms with E-state index in [1.54, 1.807) is 27.6 Å². The molecule has 0 aliphatic carbocycles. The number of anilines is 3. The highest BCUT2D eigenvalue weighted by molar-refractivity contribution is 7.99. The molecular formula is C13H13ClN6S2. The molecule has 0 aliphatic heterocycles. The highest BCUT2D eigenvalue weighted by Gasteiger charge is 2.12. The molecule has 0 amide bonds. The Balaban J connectivity index is 1.78. The molecule has 6 nitrogen and oxygen atoms in total. The van der Waals surface area contributed by atoms with Crippen molar-refractivity contribution in [2.45, 2.75) is 18.1 Å². The second-order valence-corrected chi connectivity index (χ2v) is 7.33. The number of nitrogen functional groups attached to an aromatic ring is 1. The number of aromatic nitrogens is 4. The van der Waals surface area contributed by atoms with Crippen LogP contribution in [0.15, 0.2) is 28.5 Å².